The zero-order valence-electron chi connectivity index (χ0n) is 13.3. The van der Waals surface area contributed by atoms with Crippen molar-refractivity contribution in [1.82, 2.24) is 15.5 Å². The molecular formula is C14H31IN4O. The zero-order chi connectivity index (χ0) is 14.1. The first-order valence-corrected chi connectivity index (χ1v) is 7.36. The number of likely N-dealkylation sites (tertiary alicyclic amines) is 1. The van der Waals surface area contributed by atoms with Crippen molar-refractivity contribution in [2.45, 2.75) is 32.7 Å². The zero-order valence-corrected chi connectivity index (χ0v) is 15.6. The van der Waals surface area contributed by atoms with Gasteiger partial charge >= 0.3 is 0 Å². The van der Waals surface area contributed by atoms with Gasteiger partial charge in [0.05, 0.1) is 6.61 Å². The van der Waals surface area contributed by atoms with Crippen LogP contribution in [0.4, 0.5) is 0 Å². The van der Waals surface area contributed by atoms with E-state index in [2.05, 4.69) is 34.4 Å². The van der Waals surface area contributed by atoms with Gasteiger partial charge in [0, 0.05) is 33.3 Å². The quantitative estimate of drug-likeness (QED) is 0.296. The van der Waals surface area contributed by atoms with E-state index in [1.54, 1.807) is 7.11 Å². The lowest BCUT2D eigenvalue weighted by Gasteiger charge is -2.31. The summed E-state index contributed by atoms with van der Waals surface area (Å²) in [6.07, 6.45) is 2.67. The Bertz CT molecular complexity index is 268. The lowest BCUT2D eigenvalue weighted by molar-refractivity contribution is 0.191. The fourth-order valence-corrected chi connectivity index (χ4v) is 2.55. The second-order valence-corrected chi connectivity index (χ2v) is 5.43. The molecule has 0 aromatic heterocycles. The SMILES string of the molecule is CN=C(NCCOC)NCC(C(C)C)N1CCCC1.I. The first kappa shape index (κ1) is 19.9. The lowest BCUT2D eigenvalue weighted by Crippen LogP contribution is -2.49. The Kier molecular flexibility index (Phi) is 11.5. The molecule has 1 rings (SSSR count). The van der Waals surface area contributed by atoms with Crippen LogP contribution in [0.5, 0.6) is 0 Å². The highest BCUT2D eigenvalue weighted by Gasteiger charge is 2.24. The van der Waals surface area contributed by atoms with Crippen LogP contribution in [0.25, 0.3) is 0 Å². The molecule has 2 N–H and O–H groups in total. The third-order valence-corrected chi connectivity index (χ3v) is 3.68. The van der Waals surface area contributed by atoms with Crippen molar-refractivity contribution in [2.24, 2.45) is 10.9 Å². The van der Waals surface area contributed by atoms with Crippen LogP contribution in [-0.4, -0.2) is 63.8 Å². The van der Waals surface area contributed by atoms with Crippen LogP contribution in [0.3, 0.4) is 0 Å². The predicted octanol–water partition coefficient (Wildman–Crippen LogP) is 1.54. The monoisotopic (exact) mass is 398 g/mol. The molecule has 1 atom stereocenters. The predicted molar refractivity (Wildman–Crippen MR) is 96.1 cm³/mol. The molecule has 0 aliphatic carbocycles. The molecular weight excluding hydrogens is 367 g/mol. The van der Waals surface area contributed by atoms with Gasteiger partial charge in [-0.2, -0.15) is 0 Å². The van der Waals surface area contributed by atoms with Crippen LogP contribution in [0.15, 0.2) is 4.99 Å². The molecule has 0 spiro atoms. The second kappa shape index (κ2) is 11.6. The van der Waals surface area contributed by atoms with Gasteiger partial charge < -0.3 is 15.4 Å². The van der Waals surface area contributed by atoms with Crippen molar-refractivity contribution >= 4 is 29.9 Å². The molecule has 0 aromatic rings. The van der Waals surface area contributed by atoms with Crippen molar-refractivity contribution in [3.63, 3.8) is 0 Å². The molecule has 0 radical (unpaired) electrons. The van der Waals surface area contributed by atoms with Crippen LogP contribution in [0.1, 0.15) is 26.7 Å². The number of ether oxygens (including phenoxy) is 1. The maximum Gasteiger partial charge on any atom is 0.191 e. The van der Waals surface area contributed by atoms with Gasteiger partial charge in [0.25, 0.3) is 0 Å². The fourth-order valence-electron chi connectivity index (χ4n) is 2.55. The molecule has 0 amide bonds. The fraction of sp³-hybridized carbons (Fsp3) is 0.929. The molecule has 0 saturated carbocycles. The number of rotatable bonds is 7. The van der Waals surface area contributed by atoms with Crippen LogP contribution in [-0.2, 0) is 4.74 Å². The normalized spacial score (nSPS) is 17.9. The Morgan fingerprint density at radius 3 is 2.40 bits per heavy atom. The summed E-state index contributed by atoms with van der Waals surface area (Å²) in [5.74, 6) is 1.52. The number of nitrogens with one attached hydrogen (secondary N) is 2. The van der Waals surface area contributed by atoms with E-state index in [0.717, 1.165) is 19.0 Å². The molecule has 0 bridgehead atoms. The first-order valence-electron chi connectivity index (χ1n) is 7.36. The van der Waals surface area contributed by atoms with Crippen molar-refractivity contribution < 1.29 is 4.74 Å². The Morgan fingerprint density at radius 1 is 1.25 bits per heavy atom. The van der Waals surface area contributed by atoms with E-state index in [1.807, 2.05) is 7.05 Å². The molecule has 1 aliphatic heterocycles. The summed E-state index contributed by atoms with van der Waals surface area (Å²) in [6.45, 7) is 9.50. The number of hydrogen-bond acceptors (Lipinski definition) is 3. The Hall–Kier alpha value is -0.0800. The number of aliphatic imine (C=N–C) groups is 1. The van der Waals surface area contributed by atoms with Gasteiger partial charge in [-0.05, 0) is 31.8 Å². The van der Waals surface area contributed by atoms with Crippen LogP contribution < -0.4 is 10.6 Å². The van der Waals surface area contributed by atoms with Crippen molar-refractivity contribution in [2.75, 3.05) is 46.9 Å². The van der Waals surface area contributed by atoms with Gasteiger partial charge in [0.1, 0.15) is 0 Å². The summed E-state index contributed by atoms with van der Waals surface area (Å²) in [6, 6.07) is 0.587. The van der Waals surface area contributed by atoms with Crippen LogP contribution in [0.2, 0.25) is 0 Å². The van der Waals surface area contributed by atoms with E-state index in [4.69, 9.17) is 4.74 Å². The highest BCUT2D eigenvalue weighted by Crippen LogP contribution is 2.16. The molecule has 20 heavy (non-hydrogen) atoms. The van der Waals surface area contributed by atoms with Gasteiger partial charge in [0.15, 0.2) is 5.96 Å². The summed E-state index contributed by atoms with van der Waals surface area (Å²) >= 11 is 0. The minimum absolute atomic E-state index is 0. The maximum atomic E-state index is 5.03. The summed E-state index contributed by atoms with van der Waals surface area (Å²) in [5.41, 5.74) is 0. The van der Waals surface area contributed by atoms with Crippen molar-refractivity contribution in [3.05, 3.63) is 0 Å². The topological polar surface area (TPSA) is 48.9 Å². The number of nitrogens with zero attached hydrogens (tertiary/aromatic N) is 2. The minimum atomic E-state index is 0. The smallest absolute Gasteiger partial charge is 0.191 e. The molecule has 1 unspecified atom stereocenters. The van der Waals surface area contributed by atoms with E-state index in [0.29, 0.717) is 18.6 Å². The third-order valence-electron chi connectivity index (χ3n) is 3.68. The highest BCUT2D eigenvalue weighted by molar-refractivity contribution is 14.0. The summed E-state index contributed by atoms with van der Waals surface area (Å²) in [7, 11) is 3.52. The van der Waals surface area contributed by atoms with Gasteiger partial charge in [0.2, 0.25) is 0 Å². The van der Waals surface area contributed by atoms with Crippen LogP contribution in [0, 0.1) is 5.92 Å². The molecule has 0 aromatic carbocycles. The number of hydrogen-bond donors (Lipinski definition) is 2. The van der Waals surface area contributed by atoms with Gasteiger partial charge in [-0.1, -0.05) is 13.8 Å². The maximum absolute atomic E-state index is 5.03. The van der Waals surface area contributed by atoms with Gasteiger partial charge in [-0.25, -0.2) is 0 Å². The molecule has 1 saturated heterocycles. The molecule has 5 nitrogen and oxygen atoms in total. The summed E-state index contributed by atoms with van der Waals surface area (Å²) in [4.78, 5) is 6.84. The van der Waals surface area contributed by atoms with E-state index < -0.39 is 0 Å². The number of methoxy groups -OCH3 is 1. The third kappa shape index (κ3) is 7.08. The molecule has 1 heterocycles. The van der Waals surface area contributed by atoms with Crippen molar-refractivity contribution in [3.8, 4) is 0 Å². The minimum Gasteiger partial charge on any atom is -0.383 e. The highest BCUT2D eigenvalue weighted by atomic mass is 127. The summed E-state index contributed by atoms with van der Waals surface area (Å²) in [5, 5.41) is 6.68. The average molecular weight is 398 g/mol. The molecule has 120 valence electrons. The first-order chi connectivity index (χ1) is 9.19. The number of halogens is 1. The molecule has 6 heteroatoms. The standard InChI is InChI=1S/C14H30N4O.HI/c1-12(2)13(18-8-5-6-9-18)11-17-14(15-3)16-7-10-19-4;/h12-13H,5-11H2,1-4H3,(H2,15,16,17);1H. The Morgan fingerprint density at radius 2 is 1.90 bits per heavy atom. The largest absolute Gasteiger partial charge is 0.383 e. The van der Waals surface area contributed by atoms with E-state index in [9.17, 15) is 0 Å². The molecule has 1 fully saturated rings. The van der Waals surface area contributed by atoms with Crippen LogP contribution >= 0.6 is 24.0 Å². The van der Waals surface area contributed by atoms with Gasteiger partial charge in [-0.15, -0.1) is 24.0 Å². The van der Waals surface area contributed by atoms with Gasteiger partial charge in [-0.3, -0.25) is 9.89 Å². The van der Waals surface area contributed by atoms with E-state index in [-0.39, 0.29) is 24.0 Å². The van der Waals surface area contributed by atoms with E-state index in [1.165, 1.54) is 25.9 Å². The average Bonchev–Trinajstić information content (AvgIpc) is 2.90. The van der Waals surface area contributed by atoms with E-state index >= 15 is 0 Å². The molecule has 1 aliphatic rings. The Labute approximate surface area is 140 Å². The second-order valence-electron chi connectivity index (χ2n) is 5.43. The summed E-state index contributed by atoms with van der Waals surface area (Å²) < 4.78 is 5.03. The lowest BCUT2D eigenvalue weighted by atomic mass is 10.0. The Balaban J connectivity index is 0.00000361. The van der Waals surface area contributed by atoms with Crippen molar-refractivity contribution in [1.29, 1.82) is 0 Å². The number of guanidine groups is 1.